The van der Waals surface area contributed by atoms with Gasteiger partial charge in [-0.2, -0.15) is 0 Å². The van der Waals surface area contributed by atoms with E-state index in [1.807, 2.05) is 32.7 Å². The maximum atomic E-state index is 12.0. The van der Waals surface area contributed by atoms with Gasteiger partial charge in [0, 0.05) is 13.1 Å². The molecule has 0 radical (unpaired) electrons. The summed E-state index contributed by atoms with van der Waals surface area (Å²) in [6.45, 7) is 8.42. The highest BCUT2D eigenvalue weighted by molar-refractivity contribution is 5.77. The summed E-state index contributed by atoms with van der Waals surface area (Å²) in [4.78, 5) is 13.9. The first-order valence-electron chi connectivity index (χ1n) is 6.69. The zero-order chi connectivity index (χ0) is 13.1. The van der Waals surface area contributed by atoms with Crippen molar-refractivity contribution >= 4 is 5.91 Å². The Labute approximate surface area is 106 Å². The summed E-state index contributed by atoms with van der Waals surface area (Å²) in [7, 11) is 1.91. The normalized spacial score (nSPS) is 25.7. The molecule has 0 saturated heterocycles. The van der Waals surface area contributed by atoms with Crippen LogP contribution in [0.5, 0.6) is 0 Å². The van der Waals surface area contributed by atoms with E-state index in [1.54, 1.807) is 0 Å². The second-order valence-corrected chi connectivity index (χ2v) is 6.32. The topological polar surface area (TPSA) is 29.5 Å². The fourth-order valence-electron chi connectivity index (χ4n) is 2.21. The molecule has 0 spiro atoms. The standard InChI is InChI=1S/C14H27NO2/c1-11-6-8-12(9-7-11)15(5)13(16)10-17-14(2,3)4/h11-12H,6-10H2,1-5H3. The number of ether oxygens (including phenoxy) is 1. The Kier molecular flexibility index (Phi) is 4.99. The van der Waals surface area contributed by atoms with Crippen LogP contribution in [0.4, 0.5) is 0 Å². The number of carbonyl (C=O) groups is 1. The van der Waals surface area contributed by atoms with E-state index in [9.17, 15) is 4.79 Å². The molecule has 3 nitrogen and oxygen atoms in total. The smallest absolute Gasteiger partial charge is 0.248 e. The molecule has 1 fully saturated rings. The summed E-state index contributed by atoms with van der Waals surface area (Å²) in [5.41, 5.74) is -0.239. The van der Waals surface area contributed by atoms with E-state index < -0.39 is 0 Å². The van der Waals surface area contributed by atoms with Crippen molar-refractivity contribution in [3.63, 3.8) is 0 Å². The predicted octanol–water partition coefficient (Wildman–Crippen LogP) is 2.84. The molecule has 0 aromatic carbocycles. The van der Waals surface area contributed by atoms with Crippen LogP contribution in [0, 0.1) is 5.92 Å². The lowest BCUT2D eigenvalue weighted by molar-refractivity contribution is -0.142. The Bertz CT molecular complexity index is 249. The Morgan fingerprint density at radius 1 is 1.24 bits per heavy atom. The van der Waals surface area contributed by atoms with Gasteiger partial charge in [-0.05, 0) is 52.4 Å². The van der Waals surface area contributed by atoms with Crippen LogP contribution >= 0.6 is 0 Å². The van der Waals surface area contributed by atoms with E-state index in [-0.39, 0.29) is 18.1 Å². The lowest BCUT2D eigenvalue weighted by Crippen LogP contribution is -2.42. The number of likely N-dealkylation sites (N-methyl/N-ethyl adjacent to an activating group) is 1. The number of amides is 1. The molecule has 1 aliphatic rings. The second-order valence-electron chi connectivity index (χ2n) is 6.32. The average Bonchev–Trinajstić information content (AvgIpc) is 2.25. The van der Waals surface area contributed by atoms with Gasteiger partial charge in [-0.1, -0.05) is 6.92 Å². The van der Waals surface area contributed by atoms with Crippen molar-refractivity contribution in [1.82, 2.24) is 4.90 Å². The molecule has 17 heavy (non-hydrogen) atoms. The molecule has 0 atom stereocenters. The van der Waals surface area contributed by atoms with Crippen LogP contribution in [0.2, 0.25) is 0 Å². The van der Waals surface area contributed by atoms with Crippen LogP contribution in [-0.4, -0.2) is 36.1 Å². The van der Waals surface area contributed by atoms with Gasteiger partial charge in [0.15, 0.2) is 0 Å². The van der Waals surface area contributed by atoms with E-state index in [2.05, 4.69) is 6.92 Å². The van der Waals surface area contributed by atoms with Gasteiger partial charge >= 0.3 is 0 Å². The summed E-state index contributed by atoms with van der Waals surface area (Å²) >= 11 is 0. The summed E-state index contributed by atoms with van der Waals surface area (Å²) in [5.74, 6) is 0.931. The molecule has 0 aromatic rings. The van der Waals surface area contributed by atoms with Crippen molar-refractivity contribution < 1.29 is 9.53 Å². The molecule has 1 rings (SSSR count). The summed E-state index contributed by atoms with van der Waals surface area (Å²) in [5, 5.41) is 0. The molecule has 0 bridgehead atoms. The quantitative estimate of drug-likeness (QED) is 0.760. The number of hydrogen-bond donors (Lipinski definition) is 0. The highest BCUT2D eigenvalue weighted by Gasteiger charge is 2.25. The van der Waals surface area contributed by atoms with Crippen LogP contribution in [0.15, 0.2) is 0 Å². The largest absolute Gasteiger partial charge is 0.366 e. The molecule has 0 N–H and O–H groups in total. The van der Waals surface area contributed by atoms with Crippen molar-refractivity contribution in [3.8, 4) is 0 Å². The van der Waals surface area contributed by atoms with Gasteiger partial charge in [0.2, 0.25) is 5.91 Å². The zero-order valence-corrected chi connectivity index (χ0v) is 12.0. The summed E-state index contributed by atoms with van der Waals surface area (Å²) < 4.78 is 5.53. The maximum Gasteiger partial charge on any atom is 0.248 e. The molecule has 1 saturated carbocycles. The lowest BCUT2D eigenvalue weighted by Gasteiger charge is -2.34. The third-order valence-corrected chi connectivity index (χ3v) is 3.56. The molecule has 100 valence electrons. The Morgan fingerprint density at radius 2 is 1.76 bits per heavy atom. The number of hydrogen-bond acceptors (Lipinski definition) is 2. The highest BCUT2D eigenvalue weighted by Crippen LogP contribution is 2.26. The molecular formula is C14H27NO2. The van der Waals surface area contributed by atoms with E-state index in [4.69, 9.17) is 4.74 Å². The molecule has 0 aromatic heterocycles. The van der Waals surface area contributed by atoms with Crippen LogP contribution in [-0.2, 0) is 9.53 Å². The van der Waals surface area contributed by atoms with Gasteiger partial charge in [-0.15, -0.1) is 0 Å². The van der Waals surface area contributed by atoms with E-state index in [0.29, 0.717) is 6.04 Å². The van der Waals surface area contributed by atoms with Gasteiger partial charge in [0.25, 0.3) is 0 Å². The van der Waals surface area contributed by atoms with Gasteiger partial charge < -0.3 is 9.64 Å². The Morgan fingerprint density at radius 3 is 2.24 bits per heavy atom. The number of carbonyl (C=O) groups excluding carboxylic acids is 1. The molecular weight excluding hydrogens is 214 g/mol. The minimum atomic E-state index is -0.239. The Balaban J connectivity index is 2.36. The van der Waals surface area contributed by atoms with Gasteiger partial charge in [0.05, 0.1) is 5.60 Å². The van der Waals surface area contributed by atoms with Crippen molar-refractivity contribution in [1.29, 1.82) is 0 Å². The Hall–Kier alpha value is -0.570. The monoisotopic (exact) mass is 241 g/mol. The summed E-state index contributed by atoms with van der Waals surface area (Å²) in [6, 6.07) is 0.419. The first kappa shape index (κ1) is 14.5. The fourth-order valence-corrected chi connectivity index (χ4v) is 2.21. The second kappa shape index (κ2) is 5.85. The van der Waals surface area contributed by atoms with Crippen molar-refractivity contribution in [3.05, 3.63) is 0 Å². The van der Waals surface area contributed by atoms with Crippen LogP contribution in [0.25, 0.3) is 0 Å². The van der Waals surface area contributed by atoms with Crippen molar-refractivity contribution in [2.45, 2.75) is 65.0 Å². The minimum absolute atomic E-state index is 0.111. The highest BCUT2D eigenvalue weighted by atomic mass is 16.5. The average molecular weight is 241 g/mol. The number of rotatable bonds is 3. The van der Waals surface area contributed by atoms with Crippen LogP contribution in [0.1, 0.15) is 53.4 Å². The van der Waals surface area contributed by atoms with Crippen molar-refractivity contribution in [2.24, 2.45) is 5.92 Å². The number of nitrogens with zero attached hydrogens (tertiary/aromatic N) is 1. The van der Waals surface area contributed by atoms with Crippen LogP contribution < -0.4 is 0 Å². The van der Waals surface area contributed by atoms with E-state index in [1.165, 1.54) is 12.8 Å². The van der Waals surface area contributed by atoms with E-state index in [0.717, 1.165) is 18.8 Å². The first-order valence-corrected chi connectivity index (χ1v) is 6.69. The minimum Gasteiger partial charge on any atom is -0.366 e. The van der Waals surface area contributed by atoms with Gasteiger partial charge in [-0.25, -0.2) is 0 Å². The molecule has 1 amide bonds. The third-order valence-electron chi connectivity index (χ3n) is 3.56. The molecule has 3 heteroatoms. The fraction of sp³-hybridized carbons (Fsp3) is 0.929. The molecule has 0 unspecified atom stereocenters. The SMILES string of the molecule is CC1CCC(N(C)C(=O)COC(C)(C)C)CC1. The summed E-state index contributed by atoms with van der Waals surface area (Å²) in [6.07, 6.45) is 4.75. The zero-order valence-electron chi connectivity index (χ0n) is 12.0. The predicted molar refractivity (Wildman–Crippen MR) is 69.9 cm³/mol. The first-order chi connectivity index (χ1) is 7.79. The molecule has 0 heterocycles. The van der Waals surface area contributed by atoms with E-state index >= 15 is 0 Å². The third kappa shape index (κ3) is 5.07. The maximum absolute atomic E-state index is 12.0. The molecule has 1 aliphatic carbocycles. The van der Waals surface area contributed by atoms with Gasteiger partial charge in [0.1, 0.15) is 6.61 Å². The van der Waals surface area contributed by atoms with Crippen molar-refractivity contribution in [2.75, 3.05) is 13.7 Å². The molecule has 0 aliphatic heterocycles. The van der Waals surface area contributed by atoms with Crippen LogP contribution in [0.3, 0.4) is 0 Å². The van der Waals surface area contributed by atoms with Gasteiger partial charge in [-0.3, -0.25) is 4.79 Å². The lowest BCUT2D eigenvalue weighted by atomic mass is 9.87.